The summed E-state index contributed by atoms with van der Waals surface area (Å²) in [5.41, 5.74) is 10.4. The molecule has 3 aromatic carbocycles. The molecule has 0 saturated heterocycles. The smallest absolute Gasteiger partial charge is 1.00 e. The van der Waals surface area contributed by atoms with Crippen LogP contribution in [0.5, 0.6) is 0 Å². The molecule has 0 aromatic heterocycles. The average molecular weight is 543 g/mol. The first-order valence-electron chi connectivity index (χ1n) is 10.2. The Morgan fingerprint density at radius 2 is 1.39 bits per heavy atom. The average Bonchev–Trinajstić information content (AvgIpc) is 3.27. The Hall–Kier alpha value is -0.967. The topological polar surface area (TPSA) is 0 Å². The first-order valence-corrected chi connectivity index (χ1v) is 15.3. The van der Waals surface area contributed by atoms with Crippen molar-refractivity contribution in [1.82, 2.24) is 0 Å². The van der Waals surface area contributed by atoms with Crippen LogP contribution in [-0.2, 0) is 23.2 Å². The molecule has 0 aliphatic heterocycles. The molecule has 0 N–H and O–H groups in total. The third kappa shape index (κ3) is 4.58. The van der Waals surface area contributed by atoms with Gasteiger partial charge in [0.2, 0.25) is 0 Å². The molecular weight excluding hydrogens is 517 g/mol. The van der Waals surface area contributed by atoms with E-state index in [2.05, 4.69) is 105 Å². The molecule has 31 heavy (non-hydrogen) atoms. The van der Waals surface area contributed by atoms with Crippen LogP contribution in [0.25, 0.3) is 23.3 Å². The number of hydrogen-bond donors (Lipinski definition) is 0. The molecule has 0 nitrogen and oxygen atoms in total. The molecule has 0 heterocycles. The van der Waals surface area contributed by atoms with Gasteiger partial charge in [-0.25, -0.2) is 0 Å². The van der Waals surface area contributed by atoms with E-state index in [0.717, 1.165) is 3.63 Å². The van der Waals surface area contributed by atoms with Gasteiger partial charge in [-0.2, -0.15) is 0 Å². The fourth-order valence-corrected chi connectivity index (χ4v) is 12.5. The number of benzene rings is 3. The predicted octanol–water partition coefficient (Wildman–Crippen LogP) is 1.74. The maximum Gasteiger partial charge on any atom is -1.00 e. The molecule has 5 rings (SSSR count). The molecular formula is C27H25Cl2PZr. The first-order chi connectivity index (χ1) is 14.1. The van der Waals surface area contributed by atoms with E-state index in [0.29, 0.717) is 3.63 Å². The fraction of sp³-hybridized carbons (Fsp3) is 0.185. The Kier molecular flexibility index (Phi) is 8.21. The van der Waals surface area contributed by atoms with E-state index in [1.807, 2.05) is 0 Å². The van der Waals surface area contributed by atoms with Crippen molar-refractivity contribution in [2.75, 3.05) is 13.3 Å². The Labute approximate surface area is 211 Å². The van der Waals surface area contributed by atoms with Crippen molar-refractivity contribution < 1.29 is 48.0 Å². The van der Waals surface area contributed by atoms with Gasteiger partial charge in [-0.05, 0) is 0 Å². The normalized spacial score (nSPS) is 18.2. The van der Waals surface area contributed by atoms with Gasteiger partial charge in [-0.15, -0.1) is 0 Å². The number of hydrogen-bond acceptors (Lipinski definition) is 0. The molecule has 0 amide bonds. The zero-order valence-electron chi connectivity index (χ0n) is 17.9. The van der Waals surface area contributed by atoms with Crippen molar-refractivity contribution in [2.24, 2.45) is 0 Å². The van der Waals surface area contributed by atoms with Crippen molar-refractivity contribution in [3.8, 4) is 11.1 Å². The van der Waals surface area contributed by atoms with Crippen molar-refractivity contribution >= 4 is 20.1 Å². The van der Waals surface area contributed by atoms with Crippen molar-refractivity contribution in [3.63, 3.8) is 0 Å². The van der Waals surface area contributed by atoms with Gasteiger partial charge in [0, 0.05) is 0 Å². The van der Waals surface area contributed by atoms with Crippen LogP contribution in [-0.4, -0.2) is 13.3 Å². The molecule has 0 fully saturated rings. The number of fused-ring (bicyclic) bond motifs is 2. The molecule has 3 aromatic rings. The van der Waals surface area contributed by atoms with Gasteiger partial charge in [0.25, 0.3) is 0 Å². The summed E-state index contributed by atoms with van der Waals surface area (Å²) in [4.78, 5) is 0. The summed E-state index contributed by atoms with van der Waals surface area (Å²) in [6.45, 7) is 7.22. The zero-order chi connectivity index (χ0) is 20.0. The minimum absolute atomic E-state index is 0. The second-order valence-corrected chi connectivity index (χ2v) is 14.2. The minimum Gasteiger partial charge on any atom is -1.00 e. The van der Waals surface area contributed by atoms with Crippen molar-refractivity contribution in [3.05, 3.63) is 106 Å². The molecule has 2 atom stereocenters. The van der Waals surface area contributed by atoms with Gasteiger partial charge in [0.15, 0.2) is 0 Å². The van der Waals surface area contributed by atoms with E-state index in [1.165, 1.54) is 22.3 Å². The molecule has 0 spiro atoms. The summed E-state index contributed by atoms with van der Waals surface area (Å²) >= 11 is -0.762. The molecule has 2 aliphatic carbocycles. The summed E-state index contributed by atoms with van der Waals surface area (Å²) in [7, 11) is -0.0472. The van der Waals surface area contributed by atoms with Crippen LogP contribution in [0, 0.1) is 0 Å². The van der Waals surface area contributed by atoms with Gasteiger partial charge in [-0.3, -0.25) is 0 Å². The third-order valence-electron chi connectivity index (χ3n) is 6.12. The van der Waals surface area contributed by atoms with Crippen LogP contribution < -0.4 is 24.8 Å². The van der Waals surface area contributed by atoms with Gasteiger partial charge < -0.3 is 24.8 Å². The number of allylic oxidation sites excluding steroid dienone is 2. The SMILES string of the molecule is CC1=Cc2c(-c3ccccc3)cccc2[CH]1[Zr+2][CH]1C(P(C)C)=Cc2ccccc21.[Cl-].[Cl-]. The van der Waals surface area contributed by atoms with E-state index in [1.54, 1.807) is 22.0 Å². The van der Waals surface area contributed by atoms with Crippen molar-refractivity contribution in [2.45, 2.75) is 14.2 Å². The summed E-state index contributed by atoms with van der Waals surface area (Å²) < 4.78 is 1.39. The van der Waals surface area contributed by atoms with E-state index in [-0.39, 0.29) is 32.7 Å². The molecule has 2 aliphatic rings. The Bertz CT molecular complexity index is 1130. The quantitative estimate of drug-likeness (QED) is 0.441. The third-order valence-corrected chi connectivity index (χ3v) is 13.2. The number of rotatable bonds is 4. The second-order valence-electron chi connectivity index (χ2n) is 8.19. The predicted molar refractivity (Wildman–Crippen MR) is 124 cm³/mol. The standard InChI is InChI=1S/C16H13.C11H12P.2ClH.Zr/c1-12-10-14-8-5-9-15(16(14)11-12)13-6-3-2-4-7-13;1-12(2)11-7-9-5-3-4-6-10(9)8-11;;;/h2-11H,1H3;3-8H,1-2H3;2*1H;/q;;;;+2/p-2. The molecule has 0 saturated carbocycles. The largest absolute Gasteiger partial charge is 1.00 e. The van der Waals surface area contributed by atoms with Crippen LogP contribution in [0.3, 0.4) is 0 Å². The monoisotopic (exact) mass is 540 g/mol. The molecule has 156 valence electrons. The maximum atomic E-state index is 2.52. The van der Waals surface area contributed by atoms with Crippen LogP contribution in [0.1, 0.15) is 36.4 Å². The number of halogens is 2. The van der Waals surface area contributed by atoms with E-state index in [4.69, 9.17) is 0 Å². The zero-order valence-corrected chi connectivity index (χ0v) is 22.8. The van der Waals surface area contributed by atoms with Crippen LogP contribution >= 0.6 is 7.92 Å². The van der Waals surface area contributed by atoms with Gasteiger partial charge in [0.05, 0.1) is 0 Å². The molecule has 4 heteroatoms. The molecule has 0 bridgehead atoms. The Morgan fingerprint density at radius 3 is 2.13 bits per heavy atom. The van der Waals surface area contributed by atoms with Crippen molar-refractivity contribution in [1.29, 1.82) is 0 Å². The van der Waals surface area contributed by atoms with Gasteiger partial charge in [-0.1, -0.05) is 0 Å². The fourth-order valence-electron chi connectivity index (χ4n) is 4.68. The van der Waals surface area contributed by atoms with Crippen LogP contribution in [0.4, 0.5) is 0 Å². The van der Waals surface area contributed by atoms with E-state index < -0.39 is 23.2 Å². The summed E-state index contributed by atoms with van der Waals surface area (Å²) in [6, 6.07) is 26.9. The Morgan fingerprint density at radius 1 is 0.710 bits per heavy atom. The molecule has 0 radical (unpaired) electrons. The minimum atomic E-state index is -0.762. The second kappa shape index (κ2) is 10.3. The van der Waals surface area contributed by atoms with Crippen LogP contribution in [0.2, 0.25) is 0 Å². The maximum absolute atomic E-state index is 2.52. The van der Waals surface area contributed by atoms with Crippen LogP contribution in [0.15, 0.2) is 83.7 Å². The van der Waals surface area contributed by atoms with E-state index in [9.17, 15) is 0 Å². The van der Waals surface area contributed by atoms with Gasteiger partial charge in [0.1, 0.15) is 0 Å². The summed E-state index contributed by atoms with van der Waals surface area (Å²) in [5, 5.41) is 1.73. The summed E-state index contributed by atoms with van der Waals surface area (Å²) in [5.74, 6) is 0. The Balaban J connectivity index is 0.00000136. The molecule has 2 unspecified atom stereocenters. The first kappa shape index (κ1) is 24.7. The van der Waals surface area contributed by atoms with Gasteiger partial charge >= 0.3 is 188 Å². The van der Waals surface area contributed by atoms with E-state index >= 15 is 0 Å². The summed E-state index contributed by atoms with van der Waals surface area (Å²) in [6.07, 6.45) is 5.00.